The number of aryl methyl sites for hydroxylation is 1. The molecule has 1 saturated heterocycles. The van der Waals surface area contributed by atoms with Gasteiger partial charge in [0, 0.05) is 45.0 Å². The van der Waals surface area contributed by atoms with E-state index in [4.69, 9.17) is 19.8 Å². The molecule has 1 aliphatic heterocycles. The van der Waals surface area contributed by atoms with E-state index in [1.807, 2.05) is 6.07 Å². The number of imidazole rings is 1. The minimum Gasteiger partial charge on any atom is -0.475 e. The van der Waals surface area contributed by atoms with Crippen LogP contribution in [-0.4, -0.2) is 98.1 Å². The normalized spacial score (nSPS) is 17.2. The lowest BCUT2D eigenvalue weighted by Crippen LogP contribution is -2.51. The molecule has 0 aliphatic carbocycles. The van der Waals surface area contributed by atoms with E-state index in [1.54, 1.807) is 0 Å². The Morgan fingerprint density at radius 3 is 2.09 bits per heavy atom. The van der Waals surface area contributed by atoms with Crippen LogP contribution in [0.3, 0.4) is 0 Å². The third-order valence-electron chi connectivity index (χ3n) is 5.01. The number of nitrogens with zero attached hydrogens (tertiary/aromatic N) is 4. The van der Waals surface area contributed by atoms with E-state index < -0.39 is 24.3 Å². The van der Waals surface area contributed by atoms with Crippen molar-refractivity contribution in [2.45, 2.75) is 38.3 Å². The minimum atomic E-state index is -5.08. The van der Waals surface area contributed by atoms with E-state index >= 15 is 0 Å². The van der Waals surface area contributed by atoms with Crippen LogP contribution >= 0.6 is 0 Å². The minimum absolute atomic E-state index is 0.261. The Kier molecular flexibility index (Phi) is 10.9. The molecule has 1 atom stereocenters. The van der Waals surface area contributed by atoms with Crippen LogP contribution in [0.15, 0.2) is 24.4 Å². The second-order valence-corrected chi connectivity index (χ2v) is 7.56. The number of halogens is 6. The van der Waals surface area contributed by atoms with Gasteiger partial charge in [0.25, 0.3) is 0 Å². The molecule has 0 radical (unpaired) electrons. The number of aliphatic hydroxyl groups excluding tert-OH is 1. The number of likely N-dealkylation sites (N-methyl/N-ethyl adjacent to an activating group) is 1. The second-order valence-electron chi connectivity index (χ2n) is 7.56. The number of hydrogen-bond acceptors (Lipinski definition) is 6. The lowest BCUT2D eigenvalue weighted by atomic mass is 10.1. The molecule has 3 rings (SSSR count). The first kappa shape index (κ1) is 30.1. The van der Waals surface area contributed by atoms with Gasteiger partial charge in [0.1, 0.15) is 5.65 Å². The van der Waals surface area contributed by atoms with Crippen molar-refractivity contribution in [1.29, 1.82) is 0 Å². The molecular weight excluding hydrogens is 490 g/mol. The summed E-state index contributed by atoms with van der Waals surface area (Å²) < 4.78 is 65.7. The number of carbonyl (C=O) groups is 2. The summed E-state index contributed by atoms with van der Waals surface area (Å²) in [5.41, 5.74) is 3.41. The molecule has 3 heterocycles. The van der Waals surface area contributed by atoms with Gasteiger partial charge in [-0.15, -0.1) is 0 Å². The van der Waals surface area contributed by atoms with Gasteiger partial charge in [0.2, 0.25) is 0 Å². The van der Waals surface area contributed by atoms with Crippen molar-refractivity contribution < 1.29 is 51.3 Å². The summed E-state index contributed by atoms with van der Waals surface area (Å²) in [6.45, 7) is 6.41. The number of hydrogen-bond donors (Lipinski definition) is 3. The quantitative estimate of drug-likeness (QED) is 0.531. The number of carboxylic acid groups (broad SMARTS) is 2. The molecule has 3 N–H and O–H groups in total. The van der Waals surface area contributed by atoms with Crippen LogP contribution in [0.25, 0.3) is 5.65 Å². The molecule has 0 aromatic carbocycles. The van der Waals surface area contributed by atoms with Gasteiger partial charge in [-0.3, -0.25) is 4.90 Å². The van der Waals surface area contributed by atoms with Crippen LogP contribution < -0.4 is 0 Å². The number of fused-ring (bicyclic) bond motifs is 1. The predicted molar refractivity (Wildman–Crippen MR) is 111 cm³/mol. The zero-order valence-corrected chi connectivity index (χ0v) is 18.8. The van der Waals surface area contributed by atoms with E-state index in [9.17, 15) is 31.4 Å². The number of piperazine rings is 1. The molecule has 35 heavy (non-hydrogen) atoms. The Bertz CT molecular complexity index is 955. The van der Waals surface area contributed by atoms with Gasteiger partial charge in [0.05, 0.1) is 11.4 Å². The van der Waals surface area contributed by atoms with E-state index in [0.717, 1.165) is 43.9 Å². The summed E-state index contributed by atoms with van der Waals surface area (Å²) >= 11 is 0. The number of carboxylic acids is 2. The SMILES string of the molecule is Cc1nc2ccccn2c1CN1CCN(C)C(CCO)C1.O=C(O)C(F)(F)F.O=C(O)C(F)(F)F. The zero-order valence-electron chi connectivity index (χ0n) is 18.8. The molecule has 2 aromatic heterocycles. The van der Waals surface area contributed by atoms with Crippen molar-refractivity contribution in [1.82, 2.24) is 19.2 Å². The first-order chi connectivity index (χ1) is 16.1. The van der Waals surface area contributed by atoms with Crippen molar-refractivity contribution in [3.8, 4) is 0 Å². The fraction of sp³-hybridized carbons (Fsp3) is 0.550. The molecule has 15 heteroatoms. The van der Waals surface area contributed by atoms with Gasteiger partial charge >= 0.3 is 24.3 Å². The smallest absolute Gasteiger partial charge is 0.475 e. The van der Waals surface area contributed by atoms with Crippen molar-refractivity contribution >= 4 is 17.6 Å². The van der Waals surface area contributed by atoms with Crippen LogP contribution in [0.2, 0.25) is 0 Å². The Hall–Kier alpha value is -2.91. The first-order valence-corrected chi connectivity index (χ1v) is 10.1. The van der Waals surface area contributed by atoms with Crippen molar-refractivity contribution in [2.75, 3.05) is 33.3 Å². The van der Waals surface area contributed by atoms with Crippen LogP contribution in [-0.2, 0) is 16.1 Å². The summed E-state index contributed by atoms with van der Waals surface area (Å²) in [6.07, 6.45) is -7.23. The van der Waals surface area contributed by atoms with E-state index in [1.165, 1.54) is 5.69 Å². The summed E-state index contributed by atoms with van der Waals surface area (Å²) in [4.78, 5) is 27.3. The van der Waals surface area contributed by atoms with Crippen molar-refractivity contribution in [3.05, 3.63) is 35.8 Å². The standard InChI is InChI=1S/C16H24N4O.2C2HF3O2/c1-13-15(20-7-4-3-5-16(20)17-13)12-19-9-8-18(2)14(11-19)6-10-21;2*3-2(4,5)1(6)7/h3-5,7,14,21H,6,8-12H2,1-2H3;2*(H,6,7). The fourth-order valence-corrected chi connectivity index (χ4v) is 3.18. The number of aliphatic carboxylic acids is 2. The molecule has 2 aromatic rings. The molecule has 0 bridgehead atoms. The topological polar surface area (TPSA) is 119 Å². The number of aliphatic hydroxyl groups is 1. The molecule has 0 spiro atoms. The summed E-state index contributed by atoms with van der Waals surface area (Å²) in [6, 6.07) is 6.58. The van der Waals surface area contributed by atoms with E-state index in [-0.39, 0.29) is 6.61 Å². The highest BCUT2D eigenvalue weighted by Crippen LogP contribution is 2.18. The first-order valence-electron chi connectivity index (χ1n) is 10.1. The van der Waals surface area contributed by atoms with E-state index in [0.29, 0.717) is 6.04 Å². The number of pyridine rings is 1. The molecular formula is C20H26F6N4O5. The highest BCUT2D eigenvalue weighted by Gasteiger charge is 2.38. The highest BCUT2D eigenvalue weighted by molar-refractivity contribution is 5.73. The molecule has 1 fully saturated rings. The lowest BCUT2D eigenvalue weighted by Gasteiger charge is -2.39. The Morgan fingerprint density at radius 2 is 1.60 bits per heavy atom. The lowest BCUT2D eigenvalue weighted by molar-refractivity contribution is -0.193. The Morgan fingerprint density at radius 1 is 1.06 bits per heavy atom. The molecule has 0 amide bonds. The van der Waals surface area contributed by atoms with Gasteiger partial charge in [0.15, 0.2) is 0 Å². The summed E-state index contributed by atoms with van der Waals surface area (Å²) in [7, 11) is 2.15. The molecule has 0 saturated carbocycles. The largest absolute Gasteiger partial charge is 0.490 e. The molecule has 9 nitrogen and oxygen atoms in total. The Balaban J connectivity index is 0.000000362. The van der Waals surface area contributed by atoms with Gasteiger partial charge in [-0.25, -0.2) is 14.6 Å². The maximum Gasteiger partial charge on any atom is 0.490 e. The monoisotopic (exact) mass is 516 g/mol. The van der Waals surface area contributed by atoms with E-state index in [2.05, 4.69) is 51.5 Å². The fourth-order valence-electron chi connectivity index (χ4n) is 3.18. The number of rotatable bonds is 4. The van der Waals surface area contributed by atoms with Crippen molar-refractivity contribution in [3.63, 3.8) is 0 Å². The number of alkyl halides is 6. The van der Waals surface area contributed by atoms with Gasteiger partial charge < -0.3 is 24.6 Å². The van der Waals surface area contributed by atoms with Gasteiger partial charge in [-0.2, -0.15) is 26.3 Å². The van der Waals surface area contributed by atoms with Crippen molar-refractivity contribution in [2.24, 2.45) is 0 Å². The summed E-state index contributed by atoms with van der Waals surface area (Å²) in [5.74, 6) is -5.51. The maximum atomic E-state index is 10.6. The van der Waals surface area contributed by atoms with Crippen LogP contribution in [0.4, 0.5) is 26.3 Å². The molecule has 1 unspecified atom stereocenters. The molecule has 1 aliphatic rings. The molecule has 198 valence electrons. The number of aromatic nitrogens is 2. The van der Waals surface area contributed by atoms with Crippen LogP contribution in [0.1, 0.15) is 17.8 Å². The Labute approximate surface area is 196 Å². The van der Waals surface area contributed by atoms with Crippen LogP contribution in [0.5, 0.6) is 0 Å². The predicted octanol–water partition coefficient (Wildman–Crippen LogP) is 2.41. The highest BCUT2D eigenvalue weighted by atomic mass is 19.4. The average Bonchev–Trinajstić information content (AvgIpc) is 3.05. The second kappa shape index (κ2) is 12.7. The van der Waals surface area contributed by atoms with Gasteiger partial charge in [-0.05, 0) is 32.5 Å². The van der Waals surface area contributed by atoms with Crippen LogP contribution in [0, 0.1) is 6.92 Å². The zero-order chi connectivity index (χ0) is 27.0. The average molecular weight is 516 g/mol. The summed E-state index contributed by atoms with van der Waals surface area (Å²) in [5, 5.41) is 23.5. The third kappa shape index (κ3) is 9.70. The van der Waals surface area contributed by atoms with Gasteiger partial charge in [-0.1, -0.05) is 6.07 Å². The third-order valence-corrected chi connectivity index (χ3v) is 5.01. The maximum absolute atomic E-state index is 10.6.